The first-order chi connectivity index (χ1) is 10.7. The van der Waals surface area contributed by atoms with E-state index in [0.29, 0.717) is 6.54 Å². The van der Waals surface area contributed by atoms with Crippen LogP contribution in [0, 0.1) is 0 Å². The Bertz CT molecular complexity index is 383. The molecule has 2 aliphatic heterocycles. The normalized spacial score (nSPS) is 24.3. The minimum absolute atomic E-state index is 0.0418. The molecule has 0 aromatic carbocycles. The molecule has 0 aliphatic carbocycles. The Morgan fingerprint density at radius 2 is 2.18 bits per heavy atom. The lowest BCUT2D eigenvalue weighted by Gasteiger charge is -2.27. The molecule has 0 radical (unpaired) electrons. The van der Waals surface area contributed by atoms with E-state index < -0.39 is 0 Å². The molecular weight excluding hydrogens is 282 g/mol. The summed E-state index contributed by atoms with van der Waals surface area (Å²) in [6, 6.07) is -0.0888. The minimum Gasteiger partial charge on any atom is -0.376 e. The van der Waals surface area contributed by atoms with Crippen molar-refractivity contribution in [3.63, 3.8) is 0 Å². The van der Waals surface area contributed by atoms with E-state index in [1.807, 2.05) is 4.90 Å². The molecule has 22 heavy (non-hydrogen) atoms. The molecule has 1 N–H and O–H groups in total. The van der Waals surface area contributed by atoms with Crippen molar-refractivity contribution in [1.82, 2.24) is 15.1 Å². The van der Waals surface area contributed by atoms with Crippen LogP contribution in [-0.2, 0) is 9.53 Å². The summed E-state index contributed by atoms with van der Waals surface area (Å²) in [5, 5.41) is 3.06. The second-order valence-electron chi connectivity index (χ2n) is 6.17. The molecule has 2 rings (SSSR count). The van der Waals surface area contributed by atoms with E-state index in [4.69, 9.17) is 4.74 Å². The fourth-order valence-electron chi connectivity index (χ4n) is 3.23. The molecule has 2 saturated heterocycles. The highest BCUT2D eigenvalue weighted by Gasteiger charge is 2.29. The van der Waals surface area contributed by atoms with Gasteiger partial charge in [-0.15, -0.1) is 0 Å². The second kappa shape index (κ2) is 8.36. The highest BCUT2D eigenvalue weighted by atomic mass is 16.5. The van der Waals surface area contributed by atoms with Gasteiger partial charge in [0.05, 0.1) is 12.1 Å². The molecule has 6 nitrogen and oxygen atoms in total. The summed E-state index contributed by atoms with van der Waals surface area (Å²) in [4.78, 5) is 28.2. The number of hydrogen-bond donors (Lipinski definition) is 1. The van der Waals surface area contributed by atoms with Crippen LogP contribution in [0.25, 0.3) is 0 Å². The van der Waals surface area contributed by atoms with Crippen LogP contribution in [0.1, 0.15) is 46.0 Å². The van der Waals surface area contributed by atoms with Crippen LogP contribution in [0.5, 0.6) is 0 Å². The van der Waals surface area contributed by atoms with Gasteiger partial charge in [-0.1, -0.05) is 13.8 Å². The van der Waals surface area contributed by atoms with Crippen molar-refractivity contribution in [2.75, 3.05) is 32.8 Å². The Hall–Kier alpha value is -1.30. The van der Waals surface area contributed by atoms with Crippen LogP contribution in [0.3, 0.4) is 0 Å². The predicted octanol–water partition coefficient (Wildman–Crippen LogP) is 1.60. The SMILES string of the molecule is CCCN1CCCN(C(=O)N[C@@H](CC)[C@@H]2CCCO2)CC1=O. The summed E-state index contributed by atoms with van der Waals surface area (Å²) in [5.41, 5.74) is 0. The molecule has 6 heteroatoms. The van der Waals surface area contributed by atoms with E-state index in [2.05, 4.69) is 19.2 Å². The number of ether oxygens (including phenoxy) is 1. The van der Waals surface area contributed by atoms with Gasteiger partial charge in [0.2, 0.25) is 5.91 Å². The van der Waals surface area contributed by atoms with Gasteiger partial charge in [-0.2, -0.15) is 0 Å². The molecule has 2 atom stereocenters. The summed E-state index contributed by atoms with van der Waals surface area (Å²) in [7, 11) is 0. The first-order valence-corrected chi connectivity index (χ1v) is 8.60. The molecule has 2 aliphatic rings. The third-order valence-corrected chi connectivity index (χ3v) is 4.48. The molecule has 0 aromatic rings. The summed E-state index contributed by atoms with van der Waals surface area (Å²) in [6.07, 6.45) is 4.83. The van der Waals surface area contributed by atoms with Gasteiger partial charge in [-0.25, -0.2) is 4.79 Å². The van der Waals surface area contributed by atoms with E-state index in [1.54, 1.807) is 4.90 Å². The van der Waals surface area contributed by atoms with Crippen molar-refractivity contribution in [1.29, 1.82) is 0 Å². The van der Waals surface area contributed by atoms with E-state index >= 15 is 0 Å². The number of amides is 3. The van der Waals surface area contributed by atoms with Gasteiger partial charge in [0.1, 0.15) is 6.54 Å². The van der Waals surface area contributed by atoms with Gasteiger partial charge in [-0.05, 0) is 32.1 Å². The first-order valence-electron chi connectivity index (χ1n) is 8.60. The van der Waals surface area contributed by atoms with Gasteiger partial charge in [0.25, 0.3) is 0 Å². The highest BCUT2D eigenvalue weighted by Crippen LogP contribution is 2.18. The molecule has 126 valence electrons. The standard InChI is InChI=1S/C16H29N3O3/c1-3-8-18-9-6-10-19(12-15(18)20)16(21)17-13(4-2)14-7-5-11-22-14/h13-14H,3-12H2,1-2H3,(H,17,21)/t13-,14-/m0/s1. The summed E-state index contributed by atoms with van der Waals surface area (Å²) in [6.45, 7) is 7.26. The van der Waals surface area contributed by atoms with E-state index in [9.17, 15) is 9.59 Å². The number of carbonyl (C=O) groups excluding carboxylic acids is 2. The molecule has 0 aromatic heterocycles. The van der Waals surface area contributed by atoms with Gasteiger partial charge in [-0.3, -0.25) is 4.79 Å². The van der Waals surface area contributed by atoms with Crippen molar-refractivity contribution in [2.45, 2.75) is 58.1 Å². The molecule has 0 spiro atoms. The molecule has 3 amide bonds. The second-order valence-corrected chi connectivity index (χ2v) is 6.17. The Morgan fingerprint density at radius 1 is 1.36 bits per heavy atom. The van der Waals surface area contributed by atoms with Crippen molar-refractivity contribution < 1.29 is 14.3 Å². The highest BCUT2D eigenvalue weighted by molar-refractivity contribution is 5.84. The van der Waals surface area contributed by atoms with Gasteiger partial charge in [0.15, 0.2) is 0 Å². The van der Waals surface area contributed by atoms with Gasteiger partial charge in [0, 0.05) is 26.2 Å². The summed E-state index contributed by atoms with van der Waals surface area (Å²) < 4.78 is 5.68. The lowest BCUT2D eigenvalue weighted by molar-refractivity contribution is -0.130. The van der Waals surface area contributed by atoms with Crippen molar-refractivity contribution in [3.8, 4) is 0 Å². The number of nitrogens with zero attached hydrogens (tertiary/aromatic N) is 2. The van der Waals surface area contributed by atoms with Crippen LogP contribution in [0.2, 0.25) is 0 Å². The maximum absolute atomic E-state index is 12.5. The average Bonchev–Trinajstić information content (AvgIpc) is 2.98. The van der Waals surface area contributed by atoms with Gasteiger partial charge < -0.3 is 19.9 Å². The average molecular weight is 311 g/mol. The monoisotopic (exact) mass is 311 g/mol. The lowest BCUT2D eigenvalue weighted by Crippen LogP contribution is -2.50. The van der Waals surface area contributed by atoms with Crippen LogP contribution in [-0.4, -0.2) is 66.7 Å². The van der Waals surface area contributed by atoms with Crippen LogP contribution < -0.4 is 5.32 Å². The van der Waals surface area contributed by atoms with Crippen LogP contribution in [0.15, 0.2) is 0 Å². The zero-order valence-electron chi connectivity index (χ0n) is 13.8. The fraction of sp³-hybridized carbons (Fsp3) is 0.875. The number of urea groups is 1. The topological polar surface area (TPSA) is 61.9 Å². The van der Waals surface area contributed by atoms with Crippen molar-refractivity contribution >= 4 is 11.9 Å². The zero-order valence-corrected chi connectivity index (χ0v) is 13.8. The number of carbonyl (C=O) groups is 2. The van der Waals surface area contributed by atoms with E-state index in [-0.39, 0.29) is 30.6 Å². The maximum atomic E-state index is 12.5. The zero-order chi connectivity index (χ0) is 15.9. The molecule has 0 unspecified atom stereocenters. The Labute approximate surface area is 133 Å². The third kappa shape index (κ3) is 4.35. The lowest BCUT2D eigenvalue weighted by atomic mass is 10.1. The summed E-state index contributed by atoms with van der Waals surface area (Å²) >= 11 is 0. The molecule has 2 fully saturated rings. The van der Waals surface area contributed by atoms with Crippen molar-refractivity contribution in [3.05, 3.63) is 0 Å². The minimum atomic E-state index is -0.131. The summed E-state index contributed by atoms with van der Waals surface area (Å²) in [5.74, 6) is 0.0552. The maximum Gasteiger partial charge on any atom is 0.318 e. The first kappa shape index (κ1) is 17.1. The van der Waals surface area contributed by atoms with E-state index in [0.717, 1.165) is 51.8 Å². The number of rotatable bonds is 5. The largest absolute Gasteiger partial charge is 0.376 e. The molecule has 0 bridgehead atoms. The number of nitrogens with one attached hydrogen (secondary N) is 1. The fourth-order valence-corrected chi connectivity index (χ4v) is 3.23. The van der Waals surface area contributed by atoms with Crippen LogP contribution >= 0.6 is 0 Å². The Kier molecular flexibility index (Phi) is 6.49. The van der Waals surface area contributed by atoms with E-state index in [1.165, 1.54) is 0 Å². The smallest absolute Gasteiger partial charge is 0.318 e. The van der Waals surface area contributed by atoms with Crippen molar-refractivity contribution in [2.24, 2.45) is 0 Å². The Morgan fingerprint density at radius 3 is 2.82 bits per heavy atom. The molecular formula is C16H29N3O3. The quantitative estimate of drug-likeness (QED) is 0.839. The predicted molar refractivity (Wildman–Crippen MR) is 84.6 cm³/mol. The third-order valence-electron chi connectivity index (χ3n) is 4.48. The van der Waals surface area contributed by atoms with Gasteiger partial charge >= 0.3 is 6.03 Å². The van der Waals surface area contributed by atoms with Crippen LogP contribution in [0.4, 0.5) is 4.79 Å². The Balaban J connectivity index is 1.89. The molecule has 2 heterocycles. The molecule has 0 saturated carbocycles. The number of hydrogen-bond acceptors (Lipinski definition) is 3.